The first-order valence-electron chi connectivity index (χ1n) is 6.05. The zero-order valence-electron chi connectivity index (χ0n) is 11.3. The number of anilines is 2. The van der Waals surface area contributed by atoms with Crippen LogP contribution in [0.3, 0.4) is 0 Å². The molecule has 10 heteroatoms. The highest BCUT2D eigenvalue weighted by molar-refractivity contribution is 8.02. The molecule has 0 aliphatic rings. The van der Waals surface area contributed by atoms with E-state index in [1.54, 1.807) is 6.92 Å². The van der Waals surface area contributed by atoms with Gasteiger partial charge in [-0.2, -0.15) is 8.78 Å². The summed E-state index contributed by atoms with van der Waals surface area (Å²) in [5, 5.41) is 10.1. The summed E-state index contributed by atoms with van der Waals surface area (Å²) in [7, 11) is 0. The standard InChI is InChI=1S/C12H12F2N4O2S2/c1-6(21-12-18-17-11(15)22-12)9(19)16-7-2-4-8(5-3-7)20-10(13)14/h2-6,10H,1H3,(H2,15,17)(H,16,19)/t6-/m1/s1. The van der Waals surface area contributed by atoms with Gasteiger partial charge in [-0.05, 0) is 31.2 Å². The van der Waals surface area contributed by atoms with Gasteiger partial charge in [0.25, 0.3) is 0 Å². The lowest BCUT2D eigenvalue weighted by Gasteiger charge is -2.11. The summed E-state index contributed by atoms with van der Waals surface area (Å²) in [6.07, 6.45) is 0. The Morgan fingerprint density at radius 1 is 1.36 bits per heavy atom. The number of aromatic nitrogens is 2. The molecule has 0 spiro atoms. The number of nitrogens with two attached hydrogens (primary N) is 1. The van der Waals surface area contributed by atoms with Crippen molar-refractivity contribution in [2.45, 2.75) is 23.1 Å². The number of hydrogen-bond acceptors (Lipinski definition) is 7. The summed E-state index contributed by atoms with van der Waals surface area (Å²) in [5.74, 6) is -0.221. The van der Waals surface area contributed by atoms with Gasteiger partial charge < -0.3 is 15.8 Å². The van der Waals surface area contributed by atoms with Gasteiger partial charge in [0.05, 0.1) is 5.25 Å². The maximum Gasteiger partial charge on any atom is 0.387 e. The SMILES string of the molecule is C[C@@H](Sc1nnc(N)s1)C(=O)Nc1ccc(OC(F)F)cc1. The molecule has 0 saturated carbocycles. The summed E-state index contributed by atoms with van der Waals surface area (Å²) in [4.78, 5) is 12.0. The van der Waals surface area contributed by atoms with Gasteiger partial charge in [0.1, 0.15) is 5.75 Å². The van der Waals surface area contributed by atoms with Crippen LogP contribution < -0.4 is 15.8 Å². The maximum atomic E-state index is 12.0. The third-order valence-corrected chi connectivity index (χ3v) is 4.35. The molecule has 2 aromatic rings. The molecule has 0 radical (unpaired) electrons. The van der Waals surface area contributed by atoms with Crippen molar-refractivity contribution in [1.29, 1.82) is 0 Å². The third kappa shape index (κ3) is 4.81. The zero-order valence-corrected chi connectivity index (χ0v) is 13.0. The van der Waals surface area contributed by atoms with E-state index in [2.05, 4.69) is 20.3 Å². The quantitative estimate of drug-likeness (QED) is 0.782. The predicted octanol–water partition coefficient (Wildman–Crippen LogP) is 2.84. The Hall–Kier alpha value is -1.94. The number of amides is 1. The molecule has 0 bridgehead atoms. The molecule has 1 amide bonds. The Kier molecular flexibility index (Phi) is 5.50. The average molecular weight is 346 g/mol. The summed E-state index contributed by atoms with van der Waals surface area (Å²) in [6, 6.07) is 5.67. The number of nitrogens with zero attached hydrogens (tertiary/aromatic N) is 2. The van der Waals surface area contributed by atoms with Crippen molar-refractivity contribution < 1.29 is 18.3 Å². The summed E-state index contributed by atoms with van der Waals surface area (Å²) in [6.45, 7) is -1.16. The number of rotatable bonds is 6. The molecule has 0 unspecified atom stereocenters. The van der Waals surface area contributed by atoms with Crippen molar-refractivity contribution in [3.05, 3.63) is 24.3 Å². The smallest absolute Gasteiger partial charge is 0.387 e. The highest BCUT2D eigenvalue weighted by Gasteiger charge is 2.17. The lowest BCUT2D eigenvalue weighted by molar-refractivity contribution is -0.115. The number of nitrogens with one attached hydrogen (secondary N) is 1. The fourth-order valence-corrected chi connectivity index (χ4v) is 3.22. The van der Waals surface area contributed by atoms with Gasteiger partial charge in [0, 0.05) is 5.69 Å². The Labute approximate surface area is 133 Å². The van der Waals surface area contributed by atoms with E-state index in [4.69, 9.17) is 5.73 Å². The van der Waals surface area contributed by atoms with Crippen molar-refractivity contribution in [1.82, 2.24) is 10.2 Å². The molecule has 0 saturated heterocycles. The van der Waals surface area contributed by atoms with Gasteiger partial charge in [-0.3, -0.25) is 4.79 Å². The van der Waals surface area contributed by atoms with Crippen LogP contribution in [0.2, 0.25) is 0 Å². The minimum atomic E-state index is -2.88. The third-order valence-electron chi connectivity index (χ3n) is 2.42. The Morgan fingerprint density at radius 2 is 2.05 bits per heavy atom. The van der Waals surface area contributed by atoms with Crippen molar-refractivity contribution in [3.8, 4) is 5.75 Å². The second-order valence-corrected chi connectivity index (χ2v) is 6.66. The lowest BCUT2D eigenvalue weighted by Crippen LogP contribution is -2.22. The molecule has 1 atom stereocenters. The fraction of sp³-hybridized carbons (Fsp3) is 0.250. The molecule has 1 aromatic carbocycles. The second-order valence-electron chi connectivity index (χ2n) is 4.06. The number of halogens is 2. The Morgan fingerprint density at radius 3 is 2.59 bits per heavy atom. The Bertz CT molecular complexity index is 636. The first kappa shape index (κ1) is 16.4. The number of hydrogen-bond donors (Lipinski definition) is 2. The first-order chi connectivity index (χ1) is 10.4. The van der Waals surface area contributed by atoms with Gasteiger partial charge in [-0.1, -0.05) is 23.1 Å². The zero-order chi connectivity index (χ0) is 16.1. The number of carbonyl (C=O) groups excluding carboxylic acids is 1. The van der Waals surface area contributed by atoms with E-state index in [0.29, 0.717) is 15.2 Å². The minimum absolute atomic E-state index is 0.0276. The van der Waals surface area contributed by atoms with Gasteiger partial charge in [0.2, 0.25) is 11.0 Å². The summed E-state index contributed by atoms with van der Waals surface area (Å²) < 4.78 is 28.9. The summed E-state index contributed by atoms with van der Waals surface area (Å²) in [5.41, 5.74) is 5.95. The van der Waals surface area contributed by atoms with Crippen LogP contribution in [0.4, 0.5) is 19.6 Å². The fourth-order valence-electron chi connectivity index (χ4n) is 1.44. The number of benzene rings is 1. The molecule has 3 N–H and O–H groups in total. The molecule has 0 aliphatic carbocycles. The number of carbonyl (C=O) groups is 1. The van der Waals surface area contributed by atoms with Crippen molar-refractivity contribution in [2.24, 2.45) is 0 Å². The molecule has 0 fully saturated rings. The molecule has 0 aliphatic heterocycles. The summed E-state index contributed by atoms with van der Waals surface area (Å²) >= 11 is 2.43. The highest BCUT2D eigenvalue weighted by atomic mass is 32.2. The molecule has 1 aromatic heterocycles. The molecular formula is C12H12F2N4O2S2. The maximum absolute atomic E-state index is 12.0. The van der Waals surface area contributed by atoms with Gasteiger partial charge in [-0.25, -0.2) is 0 Å². The van der Waals surface area contributed by atoms with Gasteiger partial charge in [0.15, 0.2) is 4.34 Å². The van der Waals surface area contributed by atoms with E-state index in [1.807, 2.05) is 0 Å². The number of nitrogen functional groups attached to an aromatic ring is 1. The van der Waals surface area contributed by atoms with Crippen LogP contribution >= 0.6 is 23.1 Å². The molecule has 2 rings (SSSR count). The van der Waals surface area contributed by atoms with Crippen LogP contribution in [0.5, 0.6) is 5.75 Å². The van der Waals surface area contributed by atoms with E-state index in [0.717, 1.165) is 0 Å². The molecule has 22 heavy (non-hydrogen) atoms. The van der Waals surface area contributed by atoms with Crippen LogP contribution in [0, 0.1) is 0 Å². The van der Waals surface area contributed by atoms with Crippen LogP contribution in [0.25, 0.3) is 0 Å². The minimum Gasteiger partial charge on any atom is -0.435 e. The largest absolute Gasteiger partial charge is 0.435 e. The van der Waals surface area contributed by atoms with Crippen LogP contribution in [-0.2, 0) is 4.79 Å². The van der Waals surface area contributed by atoms with Crippen molar-refractivity contribution in [3.63, 3.8) is 0 Å². The highest BCUT2D eigenvalue weighted by Crippen LogP contribution is 2.28. The monoisotopic (exact) mass is 346 g/mol. The van der Waals surface area contributed by atoms with E-state index in [1.165, 1.54) is 47.4 Å². The molecular weight excluding hydrogens is 334 g/mol. The van der Waals surface area contributed by atoms with Gasteiger partial charge >= 0.3 is 6.61 Å². The number of ether oxygens (including phenoxy) is 1. The van der Waals surface area contributed by atoms with E-state index in [-0.39, 0.29) is 11.7 Å². The van der Waals surface area contributed by atoms with Crippen LogP contribution in [-0.4, -0.2) is 28.0 Å². The molecule has 118 valence electrons. The van der Waals surface area contributed by atoms with E-state index >= 15 is 0 Å². The predicted molar refractivity (Wildman–Crippen MR) is 81.3 cm³/mol. The molecule has 1 heterocycles. The topological polar surface area (TPSA) is 90.1 Å². The molecule has 6 nitrogen and oxygen atoms in total. The normalized spacial score (nSPS) is 12.2. The van der Waals surface area contributed by atoms with E-state index < -0.39 is 11.9 Å². The van der Waals surface area contributed by atoms with Crippen LogP contribution in [0.1, 0.15) is 6.92 Å². The second kappa shape index (κ2) is 7.36. The van der Waals surface area contributed by atoms with E-state index in [9.17, 15) is 13.6 Å². The lowest BCUT2D eigenvalue weighted by atomic mass is 10.3. The van der Waals surface area contributed by atoms with Crippen molar-refractivity contribution in [2.75, 3.05) is 11.1 Å². The number of alkyl halides is 2. The number of thioether (sulfide) groups is 1. The van der Waals surface area contributed by atoms with Crippen LogP contribution in [0.15, 0.2) is 28.6 Å². The average Bonchev–Trinajstić information content (AvgIpc) is 2.85. The first-order valence-corrected chi connectivity index (χ1v) is 7.75. The Balaban J connectivity index is 1.90. The van der Waals surface area contributed by atoms with Gasteiger partial charge in [-0.15, -0.1) is 10.2 Å². The van der Waals surface area contributed by atoms with Crippen molar-refractivity contribution >= 4 is 39.8 Å².